The number of para-hydroxylation sites is 2. The van der Waals surface area contributed by atoms with Gasteiger partial charge in [-0.1, -0.05) is 24.3 Å². The number of rotatable bonds is 1. The predicted molar refractivity (Wildman–Crippen MR) is 72.7 cm³/mol. The maximum absolute atomic E-state index is 12.5. The largest absolute Gasteiger partial charge is 0.416 e. The average molecular weight is 278 g/mol. The lowest BCUT2D eigenvalue weighted by Crippen LogP contribution is -2.25. The summed E-state index contributed by atoms with van der Waals surface area (Å²) in [5.41, 5.74) is 2.18. The third-order valence-electron chi connectivity index (χ3n) is 3.39. The van der Waals surface area contributed by atoms with Crippen molar-refractivity contribution in [3.63, 3.8) is 0 Å². The molecule has 1 aliphatic heterocycles. The van der Waals surface area contributed by atoms with Crippen LogP contribution in [0.3, 0.4) is 0 Å². The van der Waals surface area contributed by atoms with Crippen LogP contribution in [-0.2, 0) is 6.18 Å². The number of fused-ring (bicyclic) bond motifs is 1. The van der Waals surface area contributed by atoms with E-state index in [9.17, 15) is 13.2 Å². The highest BCUT2D eigenvalue weighted by molar-refractivity contribution is 5.71. The van der Waals surface area contributed by atoms with Crippen LogP contribution in [0.2, 0.25) is 0 Å². The molecule has 2 aromatic rings. The fourth-order valence-corrected chi connectivity index (χ4v) is 2.32. The Morgan fingerprint density at radius 3 is 2.20 bits per heavy atom. The zero-order chi connectivity index (χ0) is 14.2. The van der Waals surface area contributed by atoms with Crippen molar-refractivity contribution in [3.8, 4) is 0 Å². The molecule has 1 heterocycles. The lowest BCUT2D eigenvalue weighted by molar-refractivity contribution is -0.137. The molecule has 0 bridgehead atoms. The highest BCUT2D eigenvalue weighted by atomic mass is 19.4. The summed E-state index contributed by atoms with van der Waals surface area (Å²) in [6.07, 6.45) is -4.29. The van der Waals surface area contributed by atoms with Crippen LogP contribution < -0.4 is 10.6 Å². The summed E-state index contributed by atoms with van der Waals surface area (Å²) >= 11 is 0. The van der Waals surface area contributed by atoms with Crippen molar-refractivity contribution in [3.05, 3.63) is 59.7 Å². The molecule has 2 nitrogen and oxygen atoms in total. The first-order valence-corrected chi connectivity index (χ1v) is 6.30. The second-order valence-electron chi connectivity index (χ2n) is 4.74. The Morgan fingerprint density at radius 1 is 0.900 bits per heavy atom. The molecule has 3 rings (SSSR count). The molecule has 0 fully saturated rings. The third kappa shape index (κ3) is 2.43. The van der Waals surface area contributed by atoms with Crippen LogP contribution in [0.25, 0.3) is 0 Å². The standard InChI is InChI=1S/C15H13F3N2/c16-15(17,18)11-7-5-10(6-8-11)14-9-19-12-3-1-2-4-13(12)20-14/h1-8,14,19-20H,9H2. The molecule has 1 aliphatic rings. The van der Waals surface area contributed by atoms with Crippen LogP contribution in [0.15, 0.2) is 48.5 Å². The SMILES string of the molecule is FC(F)(F)c1ccc(C2CNc3ccccc3N2)cc1. The Kier molecular flexibility index (Phi) is 3.04. The van der Waals surface area contributed by atoms with Crippen molar-refractivity contribution in [2.24, 2.45) is 0 Å². The van der Waals surface area contributed by atoms with E-state index >= 15 is 0 Å². The van der Waals surface area contributed by atoms with Gasteiger partial charge >= 0.3 is 6.18 Å². The van der Waals surface area contributed by atoms with Gasteiger partial charge in [0.25, 0.3) is 0 Å². The summed E-state index contributed by atoms with van der Waals surface area (Å²) < 4.78 is 37.6. The minimum Gasteiger partial charge on any atom is -0.381 e. The molecule has 0 aliphatic carbocycles. The molecule has 0 saturated carbocycles. The molecular formula is C15H13F3N2. The minimum absolute atomic E-state index is 0.0350. The fraction of sp³-hybridized carbons (Fsp3) is 0.200. The van der Waals surface area contributed by atoms with Crippen molar-refractivity contribution in [2.45, 2.75) is 12.2 Å². The lowest BCUT2D eigenvalue weighted by atomic mass is 10.0. The predicted octanol–water partition coefficient (Wildman–Crippen LogP) is 4.28. The Balaban J connectivity index is 1.81. The summed E-state index contributed by atoms with van der Waals surface area (Å²) in [7, 11) is 0. The van der Waals surface area contributed by atoms with Gasteiger partial charge in [0.05, 0.1) is 23.0 Å². The highest BCUT2D eigenvalue weighted by Gasteiger charge is 2.30. The normalized spacial score (nSPS) is 17.9. The van der Waals surface area contributed by atoms with E-state index in [1.165, 1.54) is 12.1 Å². The second kappa shape index (κ2) is 4.74. The molecule has 0 aromatic heterocycles. The van der Waals surface area contributed by atoms with Gasteiger partial charge in [-0.25, -0.2) is 0 Å². The molecule has 5 heteroatoms. The van der Waals surface area contributed by atoms with Crippen molar-refractivity contribution in [2.75, 3.05) is 17.2 Å². The second-order valence-corrected chi connectivity index (χ2v) is 4.74. The van der Waals surface area contributed by atoms with Gasteiger partial charge in [-0.15, -0.1) is 0 Å². The van der Waals surface area contributed by atoms with E-state index in [1.54, 1.807) is 0 Å². The molecule has 0 spiro atoms. The maximum Gasteiger partial charge on any atom is 0.416 e. The molecular weight excluding hydrogens is 265 g/mol. The van der Waals surface area contributed by atoms with Gasteiger partial charge in [0.15, 0.2) is 0 Å². The number of hydrogen-bond acceptors (Lipinski definition) is 2. The minimum atomic E-state index is -4.29. The molecule has 0 saturated heterocycles. The molecule has 104 valence electrons. The number of hydrogen-bond donors (Lipinski definition) is 2. The van der Waals surface area contributed by atoms with Gasteiger partial charge in [-0.3, -0.25) is 0 Å². The van der Waals surface area contributed by atoms with Gasteiger partial charge in [0.2, 0.25) is 0 Å². The average Bonchev–Trinajstić information content (AvgIpc) is 2.46. The Hall–Kier alpha value is -2.17. The summed E-state index contributed by atoms with van der Waals surface area (Å²) in [6, 6.07) is 13.0. The first kappa shape index (κ1) is 12.8. The van der Waals surface area contributed by atoms with Crippen LogP contribution in [-0.4, -0.2) is 6.54 Å². The van der Waals surface area contributed by atoms with Crippen LogP contribution in [0.4, 0.5) is 24.5 Å². The van der Waals surface area contributed by atoms with Gasteiger partial charge < -0.3 is 10.6 Å². The molecule has 0 radical (unpaired) electrons. The topological polar surface area (TPSA) is 24.1 Å². The Bertz CT molecular complexity index is 605. The lowest BCUT2D eigenvalue weighted by Gasteiger charge is -2.28. The van der Waals surface area contributed by atoms with Crippen LogP contribution >= 0.6 is 0 Å². The fourth-order valence-electron chi connectivity index (χ4n) is 2.32. The van der Waals surface area contributed by atoms with E-state index in [0.29, 0.717) is 6.54 Å². The number of nitrogens with one attached hydrogen (secondary N) is 2. The highest BCUT2D eigenvalue weighted by Crippen LogP contribution is 2.33. The molecule has 0 amide bonds. The first-order valence-electron chi connectivity index (χ1n) is 6.30. The van der Waals surface area contributed by atoms with Crippen molar-refractivity contribution in [1.82, 2.24) is 0 Å². The van der Waals surface area contributed by atoms with Crippen LogP contribution in [0.1, 0.15) is 17.2 Å². The van der Waals surface area contributed by atoms with Gasteiger partial charge in [0.1, 0.15) is 0 Å². The molecule has 2 N–H and O–H groups in total. The van der Waals surface area contributed by atoms with Crippen LogP contribution in [0, 0.1) is 0 Å². The maximum atomic E-state index is 12.5. The summed E-state index contributed by atoms with van der Waals surface area (Å²) in [6.45, 7) is 0.641. The van der Waals surface area contributed by atoms with E-state index in [-0.39, 0.29) is 6.04 Å². The van der Waals surface area contributed by atoms with E-state index in [1.807, 2.05) is 24.3 Å². The molecule has 20 heavy (non-hydrogen) atoms. The van der Waals surface area contributed by atoms with E-state index in [4.69, 9.17) is 0 Å². The van der Waals surface area contributed by atoms with E-state index in [0.717, 1.165) is 29.1 Å². The number of halogens is 3. The number of anilines is 2. The molecule has 2 aromatic carbocycles. The molecule has 1 unspecified atom stereocenters. The quantitative estimate of drug-likeness (QED) is 0.813. The van der Waals surface area contributed by atoms with Crippen molar-refractivity contribution >= 4 is 11.4 Å². The van der Waals surface area contributed by atoms with Crippen molar-refractivity contribution < 1.29 is 13.2 Å². The summed E-state index contributed by atoms with van der Waals surface area (Å²) in [5.74, 6) is 0. The zero-order valence-corrected chi connectivity index (χ0v) is 10.5. The van der Waals surface area contributed by atoms with E-state index < -0.39 is 11.7 Å². The number of benzene rings is 2. The van der Waals surface area contributed by atoms with Crippen LogP contribution in [0.5, 0.6) is 0 Å². The zero-order valence-electron chi connectivity index (χ0n) is 10.5. The number of alkyl halides is 3. The van der Waals surface area contributed by atoms with Gasteiger partial charge in [-0.2, -0.15) is 13.2 Å². The summed E-state index contributed by atoms with van der Waals surface area (Å²) in [5, 5.41) is 6.60. The Morgan fingerprint density at radius 2 is 1.55 bits per heavy atom. The Labute approximate surface area is 114 Å². The van der Waals surface area contributed by atoms with Crippen molar-refractivity contribution in [1.29, 1.82) is 0 Å². The first-order chi connectivity index (χ1) is 9.54. The third-order valence-corrected chi connectivity index (χ3v) is 3.39. The smallest absolute Gasteiger partial charge is 0.381 e. The van der Waals surface area contributed by atoms with Gasteiger partial charge in [-0.05, 0) is 29.8 Å². The summed E-state index contributed by atoms with van der Waals surface area (Å²) in [4.78, 5) is 0. The van der Waals surface area contributed by atoms with E-state index in [2.05, 4.69) is 10.6 Å². The van der Waals surface area contributed by atoms with Gasteiger partial charge in [0, 0.05) is 6.54 Å². The molecule has 1 atom stereocenters. The monoisotopic (exact) mass is 278 g/mol.